The van der Waals surface area contributed by atoms with Gasteiger partial charge >= 0.3 is 43.9 Å². The van der Waals surface area contributed by atoms with Crippen LogP contribution in [0, 0.1) is 0 Å². The first-order valence-electron chi connectivity index (χ1n) is 0.408. The molecule has 0 amide bonds. The number of rotatable bonds is 0. The van der Waals surface area contributed by atoms with Gasteiger partial charge in [-0.15, -0.1) is 0 Å². The van der Waals surface area contributed by atoms with Crippen LogP contribution in [0.25, 0.3) is 0 Å². The molecule has 4 nitrogen and oxygen atoms in total. The third-order valence-electron chi connectivity index (χ3n) is 0. The SMILES string of the molecule is C.C.C.C.C.C.C.C.C.C.C.C.C.C.C.C.C.C.C.O=C=O.[Ca+2].[OH-].[OH-]. The summed E-state index contributed by atoms with van der Waals surface area (Å²) in [4.78, 5) is 16.2. The summed E-state index contributed by atoms with van der Waals surface area (Å²) >= 11 is 0. The van der Waals surface area contributed by atoms with Crippen molar-refractivity contribution in [2.24, 2.45) is 0 Å². The molecule has 0 radical (unpaired) electrons. The van der Waals surface area contributed by atoms with Gasteiger partial charge in [0.1, 0.15) is 0 Å². The van der Waals surface area contributed by atoms with Crippen molar-refractivity contribution in [3.8, 4) is 0 Å². The van der Waals surface area contributed by atoms with Crippen molar-refractivity contribution in [3.63, 3.8) is 0 Å². The zero-order valence-corrected chi connectivity index (χ0v) is 5.13. The summed E-state index contributed by atoms with van der Waals surface area (Å²) < 4.78 is 0. The van der Waals surface area contributed by atoms with E-state index in [9.17, 15) is 0 Å². The molecule has 0 aliphatic rings. The summed E-state index contributed by atoms with van der Waals surface area (Å²) in [6, 6.07) is 0. The van der Waals surface area contributed by atoms with Gasteiger partial charge < -0.3 is 11.0 Å². The summed E-state index contributed by atoms with van der Waals surface area (Å²) in [6.07, 6.45) is 0.250. The number of hydrogen-bond acceptors (Lipinski definition) is 4. The zero-order valence-electron chi connectivity index (χ0n) is 2.92. The van der Waals surface area contributed by atoms with Crippen LogP contribution in [-0.4, -0.2) is 54.8 Å². The van der Waals surface area contributed by atoms with Gasteiger partial charge in [-0.1, -0.05) is 141 Å². The average Bonchev–Trinajstić information content (AvgIpc) is 0.918. The fourth-order valence-electron chi connectivity index (χ4n) is 0. The van der Waals surface area contributed by atoms with Gasteiger partial charge in [0.25, 0.3) is 0 Å². The van der Waals surface area contributed by atoms with Crippen LogP contribution < -0.4 is 0 Å². The molecule has 0 saturated heterocycles. The summed E-state index contributed by atoms with van der Waals surface area (Å²) in [7, 11) is 0. The van der Waals surface area contributed by atoms with Gasteiger partial charge in [-0.05, 0) is 0 Å². The minimum absolute atomic E-state index is 0. The molecular formula is C20H78CaO4. The van der Waals surface area contributed by atoms with E-state index in [0.717, 1.165) is 0 Å². The van der Waals surface area contributed by atoms with E-state index in [1.54, 1.807) is 0 Å². The Hall–Kier alpha value is 0.560. The molecule has 0 aromatic heterocycles. The van der Waals surface area contributed by atoms with Gasteiger partial charge in [0.15, 0.2) is 0 Å². The Kier molecular flexibility index (Phi) is 527000. The molecule has 184 valence electrons. The van der Waals surface area contributed by atoms with Gasteiger partial charge in [0.2, 0.25) is 0 Å². The minimum atomic E-state index is 0. The molecule has 25 heavy (non-hydrogen) atoms. The molecule has 0 spiro atoms. The summed E-state index contributed by atoms with van der Waals surface area (Å²) in [5.74, 6) is 0. The van der Waals surface area contributed by atoms with E-state index < -0.39 is 0 Å². The normalized spacial score (nSPS) is 0.320. The van der Waals surface area contributed by atoms with Crippen molar-refractivity contribution in [2.75, 3.05) is 0 Å². The second-order valence-electron chi connectivity index (χ2n) is 0.0833. The van der Waals surface area contributed by atoms with E-state index in [-0.39, 0.29) is 196 Å². The standard InChI is InChI=1S/CO2.19CH4.Ca.2H2O/c2-1-3;;;;;;;;;;;;;;;;;;;;;;/h;19*1H4;;2*1H2/q;;;;;;;;;;;;;;;;;;;;+2;;/p-2. The van der Waals surface area contributed by atoms with Crippen LogP contribution in [0.2, 0.25) is 0 Å². The minimum Gasteiger partial charge on any atom is -0.870 e. The number of carbonyl (C=O) groups excluding carboxylic acids is 2. The second kappa shape index (κ2) is 5600. The maximum atomic E-state index is 8.12. The van der Waals surface area contributed by atoms with Gasteiger partial charge in [-0.3, -0.25) is 0 Å². The fraction of sp³-hybridized carbons (Fsp3) is 0.950. The third kappa shape index (κ3) is 39900. The van der Waals surface area contributed by atoms with Crippen molar-refractivity contribution in [1.29, 1.82) is 0 Å². The predicted molar refractivity (Wildman–Crippen MR) is 143 cm³/mol. The van der Waals surface area contributed by atoms with Crippen molar-refractivity contribution in [1.82, 2.24) is 0 Å². The van der Waals surface area contributed by atoms with Crippen LogP contribution in [0.15, 0.2) is 0 Å². The molecule has 0 saturated carbocycles. The molecular weight excluding hydrogens is 344 g/mol. The zero-order chi connectivity index (χ0) is 2.71. The van der Waals surface area contributed by atoms with E-state index in [1.807, 2.05) is 0 Å². The first kappa shape index (κ1) is 2350. The van der Waals surface area contributed by atoms with Gasteiger partial charge in [0, 0.05) is 0 Å². The molecule has 0 unspecified atom stereocenters. The number of hydrogen-bond donors (Lipinski definition) is 0. The van der Waals surface area contributed by atoms with E-state index >= 15 is 0 Å². The maximum absolute atomic E-state index is 8.12. The van der Waals surface area contributed by atoms with Crippen molar-refractivity contribution in [3.05, 3.63) is 0 Å². The summed E-state index contributed by atoms with van der Waals surface area (Å²) in [5.41, 5.74) is 0. The molecule has 5 heteroatoms. The fourth-order valence-corrected chi connectivity index (χ4v) is 0. The summed E-state index contributed by atoms with van der Waals surface area (Å²) in [6.45, 7) is 0. The molecule has 0 fully saturated rings. The quantitative estimate of drug-likeness (QED) is 0.362. The Morgan fingerprint density at radius 3 is 0.280 bits per heavy atom. The molecule has 0 aromatic rings. The molecule has 0 heterocycles. The predicted octanol–water partition coefficient (Wildman–Crippen LogP) is 10.8. The molecule has 0 bridgehead atoms. The van der Waals surface area contributed by atoms with Crippen molar-refractivity contribution < 1.29 is 20.5 Å². The Balaban J connectivity index is -0.0000000000866. The third-order valence-corrected chi connectivity index (χ3v) is 0. The van der Waals surface area contributed by atoms with E-state index in [2.05, 4.69) is 0 Å². The topological polar surface area (TPSA) is 94.1 Å². The Morgan fingerprint density at radius 2 is 0.280 bits per heavy atom. The molecule has 0 atom stereocenters. The van der Waals surface area contributed by atoms with Crippen LogP contribution in [-0.2, 0) is 9.59 Å². The molecule has 0 aliphatic heterocycles. The van der Waals surface area contributed by atoms with E-state index in [1.165, 1.54) is 0 Å². The Labute approximate surface area is 204 Å². The summed E-state index contributed by atoms with van der Waals surface area (Å²) in [5, 5.41) is 0. The monoisotopic (exact) mass is 423 g/mol. The first-order chi connectivity index (χ1) is 1.41. The first-order valence-corrected chi connectivity index (χ1v) is 0.408. The van der Waals surface area contributed by atoms with E-state index in [4.69, 9.17) is 9.59 Å². The Bertz CT molecular complexity index is 42.7. The van der Waals surface area contributed by atoms with Crippen LogP contribution in [0.5, 0.6) is 0 Å². The van der Waals surface area contributed by atoms with Crippen LogP contribution in [0.3, 0.4) is 0 Å². The van der Waals surface area contributed by atoms with Crippen LogP contribution in [0.4, 0.5) is 0 Å². The van der Waals surface area contributed by atoms with Crippen LogP contribution >= 0.6 is 0 Å². The van der Waals surface area contributed by atoms with Gasteiger partial charge in [-0.2, -0.15) is 9.59 Å². The van der Waals surface area contributed by atoms with Crippen molar-refractivity contribution >= 4 is 43.9 Å². The smallest absolute Gasteiger partial charge is 0.870 e. The molecule has 0 aliphatic carbocycles. The van der Waals surface area contributed by atoms with Gasteiger partial charge in [0.05, 0.1) is 0 Å². The molecule has 0 rings (SSSR count). The van der Waals surface area contributed by atoms with E-state index in [0.29, 0.717) is 0 Å². The van der Waals surface area contributed by atoms with Gasteiger partial charge in [-0.25, -0.2) is 0 Å². The van der Waals surface area contributed by atoms with Crippen molar-refractivity contribution in [2.45, 2.75) is 141 Å². The largest absolute Gasteiger partial charge is 2.00 e. The molecule has 0 aromatic carbocycles. The van der Waals surface area contributed by atoms with Crippen LogP contribution in [0.1, 0.15) is 141 Å². The molecule has 2 N–H and O–H groups in total. The second-order valence-corrected chi connectivity index (χ2v) is 0.0833. The Morgan fingerprint density at radius 1 is 0.280 bits per heavy atom. The maximum Gasteiger partial charge on any atom is 2.00 e. The average molecular weight is 423 g/mol.